The molecule has 1 aromatic carbocycles. The second kappa shape index (κ2) is 8.17. The Morgan fingerprint density at radius 2 is 1.80 bits per heavy atom. The fourth-order valence-electron chi connectivity index (χ4n) is 5.82. The lowest BCUT2D eigenvalue weighted by atomic mass is 9.86. The summed E-state index contributed by atoms with van der Waals surface area (Å²) in [5.74, 6) is 0.761. The fraction of sp³-hybridized carbons (Fsp3) is 0.500. The molecule has 0 radical (unpaired) electrons. The van der Waals surface area contributed by atoms with Gasteiger partial charge < -0.3 is 4.90 Å². The van der Waals surface area contributed by atoms with Crippen molar-refractivity contribution in [1.29, 1.82) is 5.26 Å². The molecule has 2 aliphatic heterocycles. The standard InChI is InChI=1S/C26H26F3N5S/c27-26(28,29)12-20-11-21-22(31-17-32-23(21)35-20)34-10-8-24(16-34)7-9-33(15-24)13-18-1-3-19(4-2-18)25(14-30)5-6-25/h1-4,11,17H,5-10,12-13,15-16H2/t24-/m1/s1. The summed E-state index contributed by atoms with van der Waals surface area (Å²) < 4.78 is 38.7. The topological polar surface area (TPSA) is 56.1 Å². The van der Waals surface area contributed by atoms with E-state index in [9.17, 15) is 18.4 Å². The molecule has 2 aromatic heterocycles. The third-order valence-corrected chi connectivity index (χ3v) is 8.91. The average molecular weight is 498 g/mol. The summed E-state index contributed by atoms with van der Waals surface area (Å²) in [5, 5.41) is 10.2. The molecule has 0 unspecified atom stereocenters. The van der Waals surface area contributed by atoms with Gasteiger partial charge in [-0.3, -0.25) is 4.90 Å². The number of aromatic nitrogens is 2. The molecule has 9 heteroatoms. The maximum atomic E-state index is 12.9. The van der Waals surface area contributed by atoms with Crippen LogP contribution in [0.25, 0.3) is 10.2 Å². The number of thiophene rings is 1. The lowest BCUT2D eigenvalue weighted by Crippen LogP contribution is -2.31. The highest BCUT2D eigenvalue weighted by molar-refractivity contribution is 7.18. The van der Waals surface area contributed by atoms with Gasteiger partial charge in [0.1, 0.15) is 17.0 Å². The molecule has 1 atom stereocenters. The van der Waals surface area contributed by atoms with Gasteiger partial charge in [0.05, 0.1) is 23.3 Å². The molecule has 1 saturated carbocycles. The zero-order valence-electron chi connectivity index (χ0n) is 19.3. The minimum absolute atomic E-state index is 0.181. The average Bonchev–Trinajstić information content (AvgIpc) is 3.13. The van der Waals surface area contributed by atoms with Gasteiger partial charge in [0.25, 0.3) is 0 Å². The second-order valence-corrected chi connectivity index (χ2v) is 11.6. The molecular formula is C26H26F3N5S. The largest absolute Gasteiger partial charge is 0.393 e. The van der Waals surface area contributed by atoms with E-state index in [0.717, 1.165) is 86.5 Å². The molecular weight excluding hydrogens is 471 g/mol. The van der Waals surface area contributed by atoms with Crippen LogP contribution in [0, 0.1) is 16.7 Å². The van der Waals surface area contributed by atoms with Gasteiger partial charge in [-0.1, -0.05) is 24.3 Å². The Labute approximate surface area is 206 Å². The van der Waals surface area contributed by atoms with Crippen LogP contribution >= 0.6 is 11.3 Å². The highest BCUT2D eigenvalue weighted by Gasteiger charge is 2.45. The summed E-state index contributed by atoms with van der Waals surface area (Å²) in [6.45, 7) is 4.65. The van der Waals surface area contributed by atoms with E-state index < -0.39 is 12.6 Å². The Morgan fingerprint density at radius 3 is 2.51 bits per heavy atom. The first kappa shape index (κ1) is 22.7. The quantitative estimate of drug-likeness (QED) is 0.469. The van der Waals surface area contributed by atoms with Crippen molar-refractivity contribution in [2.24, 2.45) is 5.41 Å². The number of nitriles is 1. The Hall–Kier alpha value is -2.70. The molecule has 2 saturated heterocycles. The summed E-state index contributed by atoms with van der Waals surface area (Å²) in [6.07, 6.45) is 0.399. The summed E-state index contributed by atoms with van der Waals surface area (Å²) in [5.41, 5.74) is 2.34. The molecule has 35 heavy (non-hydrogen) atoms. The Bertz CT molecular complexity index is 1290. The number of hydrogen-bond donors (Lipinski definition) is 0. The van der Waals surface area contributed by atoms with E-state index in [1.165, 1.54) is 11.9 Å². The minimum atomic E-state index is -4.23. The van der Waals surface area contributed by atoms with Gasteiger partial charge in [-0.2, -0.15) is 18.4 Å². The van der Waals surface area contributed by atoms with Gasteiger partial charge in [0.2, 0.25) is 0 Å². The van der Waals surface area contributed by atoms with E-state index >= 15 is 0 Å². The molecule has 0 N–H and O–H groups in total. The first-order valence-electron chi connectivity index (χ1n) is 12.0. The number of benzene rings is 1. The van der Waals surface area contributed by atoms with Gasteiger partial charge in [-0.15, -0.1) is 11.3 Å². The molecule has 3 aliphatic rings. The van der Waals surface area contributed by atoms with E-state index in [-0.39, 0.29) is 15.7 Å². The van der Waals surface area contributed by atoms with Crippen molar-refractivity contribution in [2.75, 3.05) is 31.1 Å². The monoisotopic (exact) mass is 497 g/mol. The minimum Gasteiger partial charge on any atom is -0.355 e. The number of hydrogen-bond acceptors (Lipinski definition) is 6. The van der Waals surface area contributed by atoms with E-state index in [4.69, 9.17) is 0 Å². The van der Waals surface area contributed by atoms with Gasteiger partial charge in [-0.25, -0.2) is 9.97 Å². The number of halogens is 3. The van der Waals surface area contributed by atoms with Crippen molar-refractivity contribution in [3.8, 4) is 6.07 Å². The normalized spacial score (nSPS) is 23.9. The summed E-state index contributed by atoms with van der Waals surface area (Å²) in [7, 11) is 0. The van der Waals surface area contributed by atoms with Crippen LogP contribution in [-0.4, -0.2) is 47.2 Å². The van der Waals surface area contributed by atoms with Crippen LogP contribution in [-0.2, 0) is 18.4 Å². The zero-order chi connectivity index (χ0) is 24.3. The summed E-state index contributed by atoms with van der Waals surface area (Å²) in [4.78, 5) is 14.4. The SMILES string of the molecule is N#CC1(c2ccc(CN3CC[C@@]4(CCN(c5ncnc6sc(CC(F)(F)F)cc56)C4)C3)cc2)CC1. The van der Waals surface area contributed by atoms with Crippen LogP contribution in [0.4, 0.5) is 19.0 Å². The van der Waals surface area contributed by atoms with Crippen LogP contribution in [0.2, 0.25) is 0 Å². The van der Waals surface area contributed by atoms with Crippen LogP contribution < -0.4 is 4.90 Å². The zero-order valence-corrected chi connectivity index (χ0v) is 20.1. The smallest absolute Gasteiger partial charge is 0.355 e. The first-order valence-corrected chi connectivity index (χ1v) is 12.9. The van der Waals surface area contributed by atoms with E-state index in [1.54, 1.807) is 6.07 Å². The number of nitrogens with zero attached hydrogens (tertiary/aromatic N) is 5. The third-order valence-electron chi connectivity index (χ3n) is 7.87. The van der Waals surface area contributed by atoms with Gasteiger partial charge >= 0.3 is 6.18 Å². The molecule has 3 fully saturated rings. The van der Waals surface area contributed by atoms with Crippen molar-refractivity contribution in [2.45, 2.75) is 50.2 Å². The molecule has 6 rings (SSSR count). The second-order valence-electron chi connectivity index (χ2n) is 10.4. The Kier molecular flexibility index (Phi) is 5.31. The maximum Gasteiger partial charge on any atom is 0.393 e. The highest BCUT2D eigenvalue weighted by atomic mass is 32.1. The third kappa shape index (κ3) is 4.38. The number of fused-ring (bicyclic) bond motifs is 1. The van der Waals surface area contributed by atoms with Gasteiger partial charge in [-0.05, 0) is 49.4 Å². The highest BCUT2D eigenvalue weighted by Crippen LogP contribution is 2.47. The molecule has 0 bridgehead atoms. The lowest BCUT2D eigenvalue weighted by Gasteiger charge is -2.25. The maximum absolute atomic E-state index is 12.9. The van der Waals surface area contributed by atoms with Crippen molar-refractivity contribution in [3.05, 3.63) is 52.7 Å². The van der Waals surface area contributed by atoms with Crippen molar-refractivity contribution >= 4 is 27.4 Å². The number of likely N-dealkylation sites (tertiary alicyclic amines) is 1. The molecule has 182 valence electrons. The van der Waals surface area contributed by atoms with Crippen molar-refractivity contribution in [1.82, 2.24) is 14.9 Å². The molecule has 1 spiro atoms. The van der Waals surface area contributed by atoms with Crippen LogP contribution in [0.3, 0.4) is 0 Å². The molecule has 5 nitrogen and oxygen atoms in total. The van der Waals surface area contributed by atoms with Gasteiger partial charge in [0, 0.05) is 36.5 Å². The molecule has 0 amide bonds. The van der Waals surface area contributed by atoms with Gasteiger partial charge in [0.15, 0.2) is 0 Å². The van der Waals surface area contributed by atoms with Crippen molar-refractivity contribution in [3.63, 3.8) is 0 Å². The first-order chi connectivity index (χ1) is 16.8. The molecule has 3 aromatic rings. The van der Waals surface area contributed by atoms with E-state index in [2.05, 4.69) is 50.1 Å². The van der Waals surface area contributed by atoms with E-state index in [1.807, 2.05) is 0 Å². The number of anilines is 1. The predicted molar refractivity (Wildman–Crippen MR) is 129 cm³/mol. The Morgan fingerprint density at radius 1 is 1.03 bits per heavy atom. The number of rotatable bonds is 5. The molecule has 1 aliphatic carbocycles. The summed E-state index contributed by atoms with van der Waals surface area (Å²) in [6, 6.07) is 12.6. The molecule has 4 heterocycles. The lowest BCUT2D eigenvalue weighted by molar-refractivity contribution is -0.126. The fourth-order valence-corrected chi connectivity index (χ4v) is 6.84. The predicted octanol–water partition coefficient (Wildman–Crippen LogP) is 5.45. The summed E-state index contributed by atoms with van der Waals surface area (Å²) >= 11 is 1.11. The van der Waals surface area contributed by atoms with Crippen LogP contribution in [0.15, 0.2) is 36.7 Å². The van der Waals surface area contributed by atoms with E-state index in [0.29, 0.717) is 4.83 Å². The van der Waals surface area contributed by atoms with Crippen molar-refractivity contribution < 1.29 is 13.2 Å². The number of alkyl halides is 3. The Balaban J connectivity index is 1.13. The van der Waals surface area contributed by atoms with Crippen LogP contribution in [0.5, 0.6) is 0 Å². The van der Waals surface area contributed by atoms with Crippen LogP contribution in [0.1, 0.15) is 41.7 Å².